The highest BCUT2D eigenvalue weighted by molar-refractivity contribution is 6.01. The van der Waals surface area contributed by atoms with Crippen LogP contribution in [0.2, 0.25) is 0 Å². The van der Waals surface area contributed by atoms with Crippen LogP contribution in [0.1, 0.15) is 40.7 Å². The summed E-state index contributed by atoms with van der Waals surface area (Å²) in [6.45, 7) is 8.40. The molecule has 1 amide bonds. The third kappa shape index (κ3) is 5.71. The van der Waals surface area contributed by atoms with Crippen molar-refractivity contribution in [2.75, 3.05) is 19.6 Å². The summed E-state index contributed by atoms with van der Waals surface area (Å²) in [7, 11) is 0. The highest BCUT2D eigenvalue weighted by Crippen LogP contribution is 2.27. The van der Waals surface area contributed by atoms with E-state index in [2.05, 4.69) is 22.7 Å². The molecule has 0 radical (unpaired) electrons. The first kappa shape index (κ1) is 22.7. The number of halogens is 1. The van der Waals surface area contributed by atoms with Crippen molar-refractivity contribution in [3.8, 4) is 5.75 Å². The molecular weight excluding hydrogens is 390 g/mol. The van der Waals surface area contributed by atoms with Crippen LogP contribution in [-0.4, -0.2) is 30.7 Å². The van der Waals surface area contributed by atoms with Gasteiger partial charge in [-0.25, -0.2) is 0 Å². The zero-order chi connectivity index (χ0) is 19.9. The molecular formula is C22H28ClN3O3. The van der Waals surface area contributed by atoms with Crippen LogP contribution in [0, 0.1) is 13.8 Å². The number of aryl methyl sites for hydroxylation is 2. The van der Waals surface area contributed by atoms with Gasteiger partial charge in [0.2, 0.25) is 0 Å². The molecule has 0 aliphatic heterocycles. The van der Waals surface area contributed by atoms with Gasteiger partial charge in [-0.2, -0.15) is 0 Å². The van der Waals surface area contributed by atoms with E-state index in [1.807, 2.05) is 50.2 Å². The Morgan fingerprint density at radius 3 is 2.48 bits per heavy atom. The summed E-state index contributed by atoms with van der Waals surface area (Å²) >= 11 is 0. The van der Waals surface area contributed by atoms with Crippen LogP contribution < -0.4 is 15.4 Å². The lowest BCUT2D eigenvalue weighted by Crippen LogP contribution is -2.32. The second-order valence-electron chi connectivity index (χ2n) is 6.79. The monoisotopic (exact) mass is 417 g/mol. The number of fused-ring (bicyclic) bond motifs is 1. The number of hydrogen-bond acceptors (Lipinski definition) is 5. The summed E-state index contributed by atoms with van der Waals surface area (Å²) in [6, 6.07) is 11.7. The minimum absolute atomic E-state index is 0. The molecule has 0 saturated carbocycles. The van der Waals surface area contributed by atoms with Crippen LogP contribution in [0.15, 0.2) is 40.9 Å². The maximum Gasteiger partial charge on any atom is 0.255 e. The van der Waals surface area contributed by atoms with Gasteiger partial charge in [-0.15, -0.1) is 12.4 Å². The Kier molecular flexibility index (Phi) is 8.49. The zero-order valence-electron chi connectivity index (χ0n) is 17.1. The molecule has 7 heteroatoms. The number of amides is 1. The quantitative estimate of drug-likeness (QED) is 0.511. The number of carbonyl (C=O) groups is 1. The zero-order valence-corrected chi connectivity index (χ0v) is 17.9. The number of aromatic nitrogens is 1. The number of rotatable bonds is 9. The summed E-state index contributed by atoms with van der Waals surface area (Å²) in [4.78, 5) is 12.8. The number of carbonyl (C=O) groups excluding carboxylic acids is 1. The Morgan fingerprint density at radius 1 is 1.10 bits per heavy atom. The lowest BCUT2D eigenvalue weighted by Gasteiger charge is -2.14. The van der Waals surface area contributed by atoms with Gasteiger partial charge in [0.25, 0.3) is 5.91 Å². The van der Waals surface area contributed by atoms with Crippen molar-refractivity contribution in [1.82, 2.24) is 15.8 Å². The van der Waals surface area contributed by atoms with E-state index in [1.54, 1.807) is 0 Å². The van der Waals surface area contributed by atoms with Gasteiger partial charge >= 0.3 is 0 Å². The van der Waals surface area contributed by atoms with Gasteiger partial charge < -0.3 is 19.9 Å². The largest absolute Gasteiger partial charge is 0.488 e. The van der Waals surface area contributed by atoms with Crippen LogP contribution >= 0.6 is 12.4 Å². The van der Waals surface area contributed by atoms with Gasteiger partial charge in [-0.1, -0.05) is 36.3 Å². The smallest absolute Gasteiger partial charge is 0.255 e. The van der Waals surface area contributed by atoms with Gasteiger partial charge in [0.05, 0.1) is 16.8 Å². The lowest BCUT2D eigenvalue weighted by atomic mass is 10.1. The molecule has 0 atom stereocenters. The average Bonchev–Trinajstić information content (AvgIpc) is 3.03. The molecule has 156 valence electrons. The predicted octanol–water partition coefficient (Wildman–Crippen LogP) is 4.17. The van der Waals surface area contributed by atoms with E-state index in [4.69, 9.17) is 9.26 Å². The van der Waals surface area contributed by atoms with Crippen molar-refractivity contribution < 1.29 is 14.1 Å². The highest BCUT2D eigenvalue weighted by atomic mass is 35.5. The molecule has 29 heavy (non-hydrogen) atoms. The maximum absolute atomic E-state index is 12.8. The van der Waals surface area contributed by atoms with Gasteiger partial charge in [-0.3, -0.25) is 4.79 Å². The van der Waals surface area contributed by atoms with Gasteiger partial charge in [0.15, 0.2) is 0 Å². The van der Waals surface area contributed by atoms with Crippen LogP contribution in [0.5, 0.6) is 5.75 Å². The summed E-state index contributed by atoms with van der Waals surface area (Å²) < 4.78 is 11.2. The first-order chi connectivity index (χ1) is 13.6. The number of hydrogen-bond donors (Lipinski definition) is 2. The molecule has 0 aliphatic carbocycles. The van der Waals surface area contributed by atoms with Crippen LogP contribution in [0.3, 0.4) is 0 Å². The van der Waals surface area contributed by atoms with Crippen LogP contribution in [-0.2, 0) is 6.61 Å². The predicted molar refractivity (Wildman–Crippen MR) is 117 cm³/mol. The van der Waals surface area contributed by atoms with Crippen molar-refractivity contribution in [3.05, 3.63) is 59.0 Å². The minimum atomic E-state index is -0.141. The van der Waals surface area contributed by atoms with Crippen molar-refractivity contribution in [3.63, 3.8) is 0 Å². The number of nitrogens with one attached hydrogen (secondary N) is 2. The average molecular weight is 418 g/mol. The van der Waals surface area contributed by atoms with E-state index in [1.165, 1.54) is 0 Å². The fourth-order valence-corrected chi connectivity index (χ4v) is 3.04. The summed E-state index contributed by atoms with van der Waals surface area (Å²) in [5, 5.41) is 12.2. The molecule has 0 unspecified atom stereocenters. The van der Waals surface area contributed by atoms with Gasteiger partial charge in [0.1, 0.15) is 18.1 Å². The Bertz CT molecular complexity index is 936. The van der Waals surface area contributed by atoms with Crippen LogP contribution in [0.25, 0.3) is 10.8 Å². The van der Waals surface area contributed by atoms with E-state index < -0.39 is 0 Å². The van der Waals surface area contributed by atoms with Gasteiger partial charge in [-0.05, 0) is 49.7 Å². The highest BCUT2D eigenvalue weighted by Gasteiger charge is 2.16. The Hall–Kier alpha value is -2.57. The molecule has 2 aromatic carbocycles. The SMILES string of the molecule is CCCNCCNC(=O)c1cc2ccccc2cc1OCc1c(C)noc1C.Cl. The summed E-state index contributed by atoms with van der Waals surface area (Å²) in [5.74, 6) is 1.14. The second-order valence-corrected chi connectivity index (χ2v) is 6.79. The van der Waals surface area contributed by atoms with Crippen molar-refractivity contribution >= 4 is 29.1 Å². The number of benzene rings is 2. The fraction of sp³-hybridized carbons (Fsp3) is 0.364. The van der Waals surface area contributed by atoms with Crippen molar-refractivity contribution in [1.29, 1.82) is 0 Å². The molecule has 0 saturated heterocycles. The lowest BCUT2D eigenvalue weighted by molar-refractivity contribution is 0.0949. The standard InChI is InChI=1S/C22H27N3O3.ClH/c1-4-9-23-10-11-24-22(26)19-12-17-7-5-6-8-18(17)13-21(19)27-14-20-15(2)25-28-16(20)3;/h5-8,12-13,23H,4,9-11,14H2,1-3H3,(H,24,26);1H. The number of nitrogens with zero attached hydrogens (tertiary/aromatic N) is 1. The van der Waals surface area contributed by atoms with E-state index >= 15 is 0 Å². The molecule has 2 N–H and O–H groups in total. The molecule has 3 aromatic rings. The van der Waals surface area contributed by atoms with E-state index in [-0.39, 0.29) is 18.3 Å². The first-order valence-electron chi connectivity index (χ1n) is 9.66. The maximum atomic E-state index is 12.8. The Morgan fingerprint density at radius 2 is 1.83 bits per heavy atom. The fourth-order valence-electron chi connectivity index (χ4n) is 3.04. The third-order valence-corrected chi connectivity index (χ3v) is 4.66. The minimum Gasteiger partial charge on any atom is -0.488 e. The Labute approximate surface area is 177 Å². The molecule has 3 rings (SSSR count). The van der Waals surface area contributed by atoms with Crippen LogP contribution in [0.4, 0.5) is 0 Å². The molecule has 1 aromatic heterocycles. The summed E-state index contributed by atoms with van der Waals surface area (Å²) in [6.07, 6.45) is 1.07. The molecule has 0 fully saturated rings. The topological polar surface area (TPSA) is 76.4 Å². The second kappa shape index (κ2) is 10.8. The molecule has 0 aliphatic rings. The van der Waals surface area contributed by atoms with Gasteiger partial charge in [0, 0.05) is 13.1 Å². The third-order valence-electron chi connectivity index (χ3n) is 4.66. The normalized spacial score (nSPS) is 10.6. The first-order valence-corrected chi connectivity index (χ1v) is 9.66. The molecule has 0 bridgehead atoms. The van der Waals surface area contributed by atoms with E-state index in [0.717, 1.165) is 47.3 Å². The molecule has 0 spiro atoms. The molecule has 1 heterocycles. The van der Waals surface area contributed by atoms with Crippen molar-refractivity contribution in [2.24, 2.45) is 0 Å². The number of ether oxygens (including phenoxy) is 1. The van der Waals surface area contributed by atoms with Crippen molar-refractivity contribution in [2.45, 2.75) is 33.8 Å². The Balaban J connectivity index is 0.00000300. The molecule has 6 nitrogen and oxygen atoms in total. The van der Waals surface area contributed by atoms with E-state index in [9.17, 15) is 4.79 Å². The summed E-state index contributed by atoms with van der Waals surface area (Å²) in [5.41, 5.74) is 2.23. The van der Waals surface area contributed by atoms with E-state index in [0.29, 0.717) is 24.5 Å².